The number of aromatic nitrogens is 2. The van der Waals surface area contributed by atoms with Crippen LogP contribution in [-0.2, 0) is 11.5 Å². The van der Waals surface area contributed by atoms with E-state index in [1.807, 2.05) is 11.6 Å². The van der Waals surface area contributed by atoms with Crippen LogP contribution in [0.5, 0.6) is 0 Å². The van der Waals surface area contributed by atoms with E-state index >= 15 is 0 Å². The summed E-state index contributed by atoms with van der Waals surface area (Å²) in [6.07, 6.45) is 3.27. The molecule has 2 heterocycles. The average molecular weight is 265 g/mol. The Hall–Kier alpha value is -1.99. The van der Waals surface area contributed by atoms with Crippen LogP contribution in [-0.4, -0.2) is 27.7 Å². The second-order valence-electron chi connectivity index (χ2n) is 3.39. The normalized spacial score (nSPS) is 11.7. The van der Waals surface area contributed by atoms with Crippen molar-refractivity contribution in [1.82, 2.24) is 9.55 Å². The van der Waals surface area contributed by atoms with Crippen molar-refractivity contribution < 1.29 is 14.6 Å². The van der Waals surface area contributed by atoms with Crippen LogP contribution in [0, 0.1) is 0 Å². The highest BCUT2D eigenvalue weighted by molar-refractivity contribution is 7.07. The Morgan fingerprint density at radius 2 is 2.50 bits per heavy atom. The number of carboxylic acid groups (broad SMARTS) is 1. The fourth-order valence-corrected chi connectivity index (χ4v) is 2.06. The minimum Gasteiger partial charge on any atom is -0.478 e. The van der Waals surface area contributed by atoms with E-state index in [9.17, 15) is 4.79 Å². The van der Waals surface area contributed by atoms with Gasteiger partial charge in [0.2, 0.25) is 0 Å². The molecule has 0 aliphatic carbocycles. The zero-order chi connectivity index (χ0) is 13.0. The Balaban J connectivity index is 2.40. The molecule has 0 unspecified atom stereocenters. The number of ether oxygens (including phenoxy) is 1. The maximum atomic E-state index is 10.8. The van der Waals surface area contributed by atoms with Gasteiger partial charge in [-0.15, -0.1) is 11.3 Å². The van der Waals surface area contributed by atoms with Crippen LogP contribution in [0.25, 0.3) is 0 Å². The van der Waals surface area contributed by atoms with Gasteiger partial charge in [-0.05, 0) is 12.1 Å². The standard InChI is InChI=1S/C11H11N3O3S/c1-17-7-14-4-5-18-11(14)13-9-6-8(10(15)16)2-3-12-9/h2-6H,7H2,1H3,(H,15,16). The molecule has 0 radical (unpaired) electrons. The van der Waals surface area contributed by atoms with Gasteiger partial charge < -0.3 is 9.84 Å². The van der Waals surface area contributed by atoms with Crippen LogP contribution in [0.4, 0.5) is 5.82 Å². The summed E-state index contributed by atoms with van der Waals surface area (Å²) in [4.78, 5) is 19.8. The molecule has 0 spiro atoms. The predicted octanol–water partition coefficient (Wildman–Crippen LogP) is 1.48. The summed E-state index contributed by atoms with van der Waals surface area (Å²) < 4.78 is 6.83. The van der Waals surface area contributed by atoms with Gasteiger partial charge >= 0.3 is 5.97 Å². The van der Waals surface area contributed by atoms with E-state index in [0.717, 1.165) is 0 Å². The van der Waals surface area contributed by atoms with Gasteiger partial charge in [0, 0.05) is 24.9 Å². The van der Waals surface area contributed by atoms with Crippen molar-refractivity contribution in [3.8, 4) is 0 Å². The molecule has 6 nitrogen and oxygen atoms in total. The number of methoxy groups -OCH3 is 1. The van der Waals surface area contributed by atoms with Crippen LogP contribution in [0.1, 0.15) is 10.4 Å². The molecule has 94 valence electrons. The Kier molecular flexibility index (Phi) is 3.85. The van der Waals surface area contributed by atoms with Crippen LogP contribution in [0.15, 0.2) is 34.9 Å². The molecular formula is C11H11N3O3S. The van der Waals surface area contributed by atoms with Gasteiger partial charge in [0.05, 0.1) is 5.56 Å². The van der Waals surface area contributed by atoms with E-state index in [1.54, 1.807) is 11.7 Å². The van der Waals surface area contributed by atoms with E-state index in [1.165, 1.54) is 29.7 Å². The van der Waals surface area contributed by atoms with Gasteiger partial charge in [0.15, 0.2) is 10.6 Å². The number of pyridine rings is 1. The van der Waals surface area contributed by atoms with E-state index in [0.29, 0.717) is 17.4 Å². The highest BCUT2D eigenvalue weighted by atomic mass is 32.1. The van der Waals surface area contributed by atoms with E-state index in [4.69, 9.17) is 9.84 Å². The maximum Gasteiger partial charge on any atom is 0.335 e. The topological polar surface area (TPSA) is 76.7 Å². The fraction of sp³-hybridized carbons (Fsp3) is 0.182. The molecular weight excluding hydrogens is 254 g/mol. The summed E-state index contributed by atoms with van der Waals surface area (Å²) >= 11 is 1.43. The minimum absolute atomic E-state index is 0.165. The molecule has 1 N–H and O–H groups in total. The smallest absolute Gasteiger partial charge is 0.335 e. The number of rotatable bonds is 4. The van der Waals surface area contributed by atoms with Crippen molar-refractivity contribution in [2.24, 2.45) is 4.99 Å². The predicted molar refractivity (Wildman–Crippen MR) is 65.7 cm³/mol. The number of carbonyl (C=O) groups is 1. The SMILES string of the molecule is COCn1ccsc1=Nc1cc(C(=O)O)ccn1. The molecule has 2 aromatic heterocycles. The molecule has 2 rings (SSSR count). The van der Waals surface area contributed by atoms with Crippen LogP contribution in [0.2, 0.25) is 0 Å². The largest absolute Gasteiger partial charge is 0.478 e. The Morgan fingerprint density at radius 1 is 1.67 bits per heavy atom. The summed E-state index contributed by atoms with van der Waals surface area (Å²) in [6, 6.07) is 2.86. The van der Waals surface area contributed by atoms with Crippen molar-refractivity contribution in [2.45, 2.75) is 6.73 Å². The van der Waals surface area contributed by atoms with Gasteiger partial charge in [-0.25, -0.2) is 14.8 Å². The maximum absolute atomic E-state index is 10.8. The number of hydrogen-bond donors (Lipinski definition) is 1. The first kappa shape index (κ1) is 12.5. The molecule has 0 aromatic carbocycles. The quantitative estimate of drug-likeness (QED) is 0.908. The van der Waals surface area contributed by atoms with Gasteiger partial charge in [0.25, 0.3) is 0 Å². The summed E-state index contributed by atoms with van der Waals surface area (Å²) in [7, 11) is 1.59. The van der Waals surface area contributed by atoms with Crippen LogP contribution in [0.3, 0.4) is 0 Å². The van der Waals surface area contributed by atoms with Crippen LogP contribution < -0.4 is 4.80 Å². The van der Waals surface area contributed by atoms with E-state index in [-0.39, 0.29) is 5.56 Å². The fourth-order valence-electron chi connectivity index (χ4n) is 1.33. The summed E-state index contributed by atoms with van der Waals surface area (Å²) in [5, 5.41) is 10.8. The summed E-state index contributed by atoms with van der Waals surface area (Å²) in [5.41, 5.74) is 0.165. The first-order valence-corrected chi connectivity index (χ1v) is 5.95. The number of hydrogen-bond acceptors (Lipinski definition) is 5. The first-order chi connectivity index (χ1) is 8.70. The zero-order valence-corrected chi connectivity index (χ0v) is 10.4. The molecule has 0 atom stereocenters. The van der Waals surface area contributed by atoms with Crippen molar-refractivity contribution in [3.05, 3.63) is 40.3 Å². The minimum atomic E-state index is -0.996. The molecule has 0 saturated carbocycles. The lowest BCUT2D eigenvalue weighted by atomic mass is 10.3. The molecule has 0 fully saturated rings. The Bertz CT molecular complexity index is 618. The highest BCUT2D eigenvalue weighted by Gasteiger charge is 2.03. The first-order valence-electron chi connectivity index (χ1n) is 5.07. The number of carboxylic acids is 1. The average Bonchev–Trinajstić information content (AvgIpc) is 2.77. The summed E-state index contributed by atoms with van der Waals surface area (Å²) in [5.74, 6) is -0.632. The third kappa shape index (κ3) is 2.82. The number of thiazole rings is 1. The van der Waals surface area contributed by atoms with E-state index in [2.05, 4.69) is 9.98 Å². The van der Waals surface area contributed by atoms with E-state index < -0.39 is 5.97 Å². The third-order valence-electron chi connectivity index (χ3n) is 2.13. The number of nitrogens with zero attached hydrogens (tertiary/aromatic N) is 3. The molecule has 0 bridgehead atoms. The molecule has 7 heteroatoms. The second-order valence-corrected chi connectivity index (χ2v) is 4.27. The van der Waals surface area contributed by atoms with Gasteiger partial charge in [0.1, 0.15) is 6.73 Å². The van der Waals surface area contributed by atoms with Gasteiger partial charge in [-0.3, -0.25) is 4.57 Å². The lowest BCUT2D eigenvalue weighted by Gasteiger charge is -1.99. The lowest BCUT2D eigenvalue weighted by Crippen LogP contribution is -2.14. The number of aromatic carboxylic acids is 1. The zero-order valence-electron chi connectivity index (χ0n) is 9.61. The molecule has 18 heavy (non-hydrogen) atoms. The van der Waals surface area contributed by atoms with Crippen molar-refractivity contribution in [3.63, 3.8) is 0 Å². The monoisotopic (exact) mass is 265 g/mol. The Morgan fingerprint density at radius 3 is 3.22 bits per heavy atom. The molecule has 0 aliphatic heterocycles. The third-order valence-corrected chi connectivity index (χ3v) is 2.93. The summed E-state index contributed by atoms with van der Waals surface area (Å²) in [6.45, 7) is 0.390. The lowest BCUT2D eigenvalue weighted by molar-refractivity contribution is 0.0697. The molecule has 0 aliphatic rings. The van der Waals surface area contributed by atoms with Gasteiger partial charge in [-0.2, -0.15) is 0 Å². The Labute approximate surface area is 107 Å². The van der Waals surface area contributed by atoms with Crippen molar-refractivity contribution in [2.75, 3.05) is 7.11 Å². The van der Waals surface area contributed by atoms with Crippen LogP contribution >= 0.6 is 11.3 Å². The second kappa shape index (κ2) is 5.56. The molecule has 0 saturated heterocycles. The highest BCUT2D eigenvalue weighted by Crippen LogP contribution is 2.09. The molecule has 2 aromatic rings. The van der Waals surface area contributed by atoms with Crippen molar-refractivity contribution in [1.29, 1.82) is 0 Å². The van der Waals surface area contributed by atoms with Crippen molar-refractivity contribution >= 4 is 23.1 Å². The van der Waals surface area contributed by atoms with Gasteiger partial charge in [-0.1, -0.05) is 0 Å². The molecule has 0 amide bonds.